The van der Waals surface area contributed by atoms with Gasteiger partial charge in [-0.1, -0.05) is 27.7 Å². The van der Waals surface area contributed by atoms with E-state index in [-0.39, 0.29) is 12.5 Å². The summed E-state index contributed by atoms with van der Waals surface area (Å²) in [6, 6.07) is -2.13. The van der Waals surface area contributed by atoms with Gasteiger partial charge in [-0.15, -0.1) is 0 Å². The molecule has 12 N–H and O–H groups in total. The molecule has 0 fully saturated rings. The molecule has 0 saturated carbocycles. The Hall–Kier alpha value is -2.28. The maximum atomic E-state index is 10.1. The molecule has 0 radical (unpaired) electrons. The molecule has 0 heterocycles. The number of hydrogen-bond donors (Lipinski definition) is 8. The van der Waals surface area contributed by atoms with Gasteiger partial charge in [-0.2, -0.15) is 0 Å². The van der Waals surface area contributed by atoms with Crippen LogP contribution in [0.4, 0.5) is 0 Å². The van der Waals surface area contributed by atoms with Crippen LogP contribution in [0.3, 0.4) is 0 Å². The highest BCUT2D eigenvalue weighted by Crippen LogP contribution is 2.01. The van der Waals surface area contributed by atoms with E-state index < -0.39 is 42.0 Å². The van der Waals surface area contributed by atoms with E-state index in [2.05, 4.69) is 5.73 Å². The topological polar surface area (TPSA) is 253 Å². The standard InChI is InChI=1S/C6H13NO2.C5H11NO2.C3H7NO2.C2H5NO2/c1-4(2)3-5(7)6(8)9;1-3(2)4(6)5(7)8;1-2(4)3(5)6;3-1-2(4)5/h4-5H,3,7H2,1-2H3,(H,8,9);3-4H,6H2,1-2H3,(H,7,8);2H,4H2,1H3,(H,5,6);1,3H2,(H,4,5)/t5-;4-;2-;/m000./s1. The SMILES string of the molecule is CC(C)C[C@H](N)C(=O)O.CC(C)[C@H](N)C(=O)O.C[C@H](N)C(=O)O.NCC(=O)O. The van der Waals surface area contributed by atoms with Crippen molar-refractivity contribution in [1.29, 1.82) is 0 Å². The first-order valence-corrected chi connectivity index (χ1v) is 8.38. The molecule has 0 bridgehead atoms. The first-order chi connectivity index (χ1) is 12.5. The van der Waals surface area contributed by atoms with Crippen LogP contribution in [-0.4, -0.2) is 69.0 Å². The molecule has 12 nitrogen and oxygen atoms in total. The number of rotatable bonds is 7. The molecular weight excluding hydrogens is 376 g/mol. The zero-order valence-electron chi connectivity index (χ0n) is 17.0. The highest BCUT2D eigenvalue weighted by molar-refractivity contribution is 5.73. The second kappa shape index (κ2) is 19.5. The molecule has 0 aromatic rings. The summed E-state index contributed by atoms with van der Waals surface area (Å²) in [7, 11) is 0. The largest absolute Gasteiger partial charge is 0.480 e. The van der Waals surface area contributed by atoms with E-state index >= 15 is 0 Å². The maximum absolute atomic E-state index is 10.1. The van der Waals surface area contributed by atoms with Gasteiger partial charge in [-0.05, 0) is 25.2 Å². The lowest BCUT2D eigenvalue weighted by molar-refractivity contribution is -0.140. The number of hydrogen-bond acceptors (Lipinski definition) is 8. The minimum absolute atomic E-state index is 0.0208. The summed E-state index contributed by atoms with van der Waals surface area (Å²) in [6.45, 7) is 8.59. The van der Waals surface area contributed by atoms with Crippen molar-refractivity contribution in [2.75, 3.05) is 6.54 Å². The highest BCUT2D eigenvalue weighted by Gasteiger charge is 2.14. The van der Waals surface area contributed by atoms with Crippen molar-refractivity contribution < 1.29 is 39.6 Å². The van der Waals surface area contributed by atoms with Crippen LogP contribution in [0.2, 0.25) is 0 Å². The molecule has 0 aliphatic rings. The van der Waals surface area contributed by atoms with Gasteiger partial charge in [0.1, 0.15) is 18.1 Å². The summed E-state index contributed by atoms with van der Waals surface area (Å²) in [5.74, 6) is -3.40. The Morgan fingerprint density at radius 3 is 1.11 bits per heavy atom. The Bertz CT molecular complexity index is 456. The van der Waals surface area contributed by atoms with Crippen molar-refractivity contribution in [2.45, 2.75) is 59.2 Å². The van der Waals surface area contributed by atoms with Gasteiger partial charge in [-0.3, -0.25) is 19.2 Å². The van der Waals surface area contributed by atoms with Gasteiger partial charge in [0.25, 0.3) is 0 Å². The zero-order valence-corrected chi connectivity index (χ0v) is 17.0. The van der Waals surface area contributed by atoms with E-state index in [4.69, 9.17) is 37.6 Å². The zero-order chi connectivity index (χ0) is 23.6. The lowest BCUT2D eigenvalue weighted by Gasteiger charge is -2.07. The monoisotopic (exact) mass is 412 g/mol. The van der Waals surface area contributed by atoms with Crippen molar-refractivity contribution in [2.24, 2.45) is 34.8 Å². The van der Waals surface area contributed by atoms with Crippen molar-refractivity contribution in [3.8, 4) is 0 Å². The number of carboxylic acids is 4. The van der Waals surface area contributed by atoms with Crippen LogP contribution < -0.4 is 22.9 Å². The molecule has 0 saturated heterocycles. The van der Waals surface area contributed by atoms with E-state index in [0.717, 1.165) is 0 Å². The van der Waals surface area contributed by atoms with Crippen molar-refractivity contribution in [3.63, 3.8) is 0 Å². The third-order valence-corrected chi connectivity index (χ3v) is 2.61. The van der Waals surface area contributed by atoms with E-state index in [1.54, 1.807) is 13.8 Å². The molecule has 28 heavy (non-hydrogen) atoms. The fourth-order valence-electron chi connectivity index (χ4n) is 0.894. The Kier molecular flexibility index (Phi) is 23.2. The minimum atomic E-state index is -0.968. The quantitative estimate of drug-likeness (QED) is 0.249. The third-order valence-electron chi connectivity index (χ3n) is 2.61. The third kappa shape index (κ3) is 31.5. The van der Waals surface area contributed by atoms with Gasteiger partial charge < -0.3 is 43.4 Å². The van der Waals surface area contributed by atoms with Crippen molar-refractivity contribution in [3.05, 3.63) is 0 Å². The van der Waals surface area contributed by atoms with Gasteiger partial charge in [-0.25, -0.2) is 0 Å². The fraction of sp³-hybridized carbons (Fsp3) is 0.750. The molecule has 0 aromatic heterocycles. The molecule has 0 aliphatic heterocycles. The predicted octanol–water partition coefficient (Wildman–Crippen LogP) is -1.05. The van der Waals surface area contributed by atoms with E-state index in [1.165, 1.54) is 6.92 Å². The maximum Gasteiger partial charge on any atom is 0.320 e. The van der Waals surface area contributed by atoms with Crippen molar-refractivity contribution >= 4 is 23.9 Å². The summed E-state index contributed by atoms with van der Waals surface area (Å²) in [5.41, 5.74) is 19.8. The van der Waals surface area contributed by atoms with Crippen LogP contribution in [0, 0.1) is 11.8 Å². The van der Waals surface area contributed by atoms with Crippen LogP contribution in [0.15, 0.2) is 0 Å². The molecular formula is C16H36N4O8. The van der Waals surface area contributed by atoms with Gasteiger partial charge >= 0.3 is 23.9 Å². The Labute approximate surface area is 164 Å². The molecule has 0 amide bonds. The minimum Gasteiger partial charge on any atom is -0.480 e. The van der Waals surface area contributed by atoms with Gasteiger partial charge in [0, 0.05) is 0 Å². The fourth-order valence-corrected chi connectivity index (χ4v) is 0.894. The number of carboxylic acid groups (broad SMARTS) is 4. The molecule has 168 valence electrons. The molecule has 0 aromatic carbocycles. The lowest BCUT2D eigenvalue weighted by Crippen LogP contribution is -2.34. The molecule has 0 spiro atoms. The second-order valence-corrected chi connectivity index (χ2v) is 6.41. The highest BCUT2D eigenvalue weighted by atomic mass is 16.4. The Morgan fingerprint density at radius 2 is 1.07 bits per heavy atom. The summed E-state index contributed by atoms with van der Waals surface area (Å²) in [4.78, 5) is 38.9. The van der Waals surface area contributed by atoms with Gasteiger partial charge in [0.05, 0.1) is 6.54 Å². The van der Waals surface area contributed by atoms with Crippen molar-refractivity contribution in [1.82, 2.24) is 0 Å². The predicted molar refractivity (Wildman–Crippen MR) is 103 cm³/mol. The first kappa shape index (κ1) is 33.3. The number of nitrogens with two attached hydrogens (primary N) is 4. The van der Waals surface area contributed by atoms with E-state index in [1.807, 2.05) is 13.8 Å². The second-order valence-electron chi connectivity index (χ2n) is 6.41. The van der Waals surface area contributed by atoms with E-state index in [0.29, 0.717) is 12.3 Å². The van der Waals surface area contributed by atoms with Crippen LogP contribution in [0.1, 0.15) is 41.0 Å². The smallest absolute Gasteiger partial charge is 0.320 e. The normalized spacial score (nSPS) is 12.7. The number of aliphatic carboxylic acids is 4. The van der Waals surface area contributed by atoms with Gasteiger partial charge in [0.15, 0.2) is 0 Å². The molecule has 0 aliphatic carbocycles. The summed E-state index contributed by atoms with van der Waals surface area (Å²) in [6.07, 6.45) is 0.551. The molecule has 12 heteroatoms. The van der Waals surface area contributed by atoms with Crippen LogP contribution in [0.25, 0.3) is 0 Å². The van der Waals surface area contributed by atoms with Gasteiger partial charge in [0.2, 0.25) is 0 Å². The first-order valence-electron chi connectivity index (χ1n) is 8.38. The van der Waals surface area contributed by atoms with Crippen LogP contribution in [0.5, 0.6) is 0 Å². The molecule has 0 rings (SSSR count). The summed E-state index contributed by atoms with van der Waals surface area (Å²) in [5, 5.41) is 32.0. The summed E-state index contributed by atoms with van der Waals surface area (Å²) >= 11 is 0. The Morgan fingerprint density at radius 1 is 0.750 bits per heavy atom. The summed E-state index contributed by atoms with van der Waals surface area (Å²) < 4.78 is 0. The Balaban J connectivity index is -0.000000141. The average molecular weight is 412 g/mol. The molecule has 0 unspecified atom stereocenters. The van der Waals surface area contributed by atoms with Crippen LogP contribution >= 0.6 is 0 Å². The molecule has 3 atom stereocenters. The lowest BCUT2D eigenvalue weighted by atomic mass is 10.1. The van der Waals surface area contributed by atoms with E-state index in [9.17, 15) is 19.2 Å². The van der Waals surface area contributed by atoms with Crippen LogP contribution in [-0.2, 0) is 19.2 Å². The average Bonchev–Trinajstić information content (AvgIpc) is 2.54. The number of carbonyl (C=O) groups is 4.